The number of aromatic nitrogens is 3. The molecule has 0 saturated heterocycles. The maximum atomic E-state index is 10.8. The van der Waals surface area contributed by atoms with Gasteiger partial charge in [-0.2, -0.15) is 5.10 Å². The molecule has 0 aliphatic carbocycles. The Labute approximate surface area is 115 Å². The fraction of sp³-hybridized carbons (Fsp3) is 0.200. The predicted molar refractivity (Wildman–Crippen MR) is 76.6 cm³/mol. The van der Waals surface area contributed by atoms with E-state index >= 15 is 0 Å². The van der Waals surface area contributed by atoms with E-state index in [1.165, 1.54) is 0 Å². The van der Waals surface area contributed by atoms with Crippen molar-refractivity contribution in [3.63, 3.8) is 0 Å². The molecule has 0 aliphatic rings. The van der Waals surface area contributed by atoms with Crippen LogP contribution < -0.4 is 0 Å². The van der Waals surface area contributed by atoms with E-state index in [9.17, 15) is 4.79 Å². The molecule has 5 heteroatoms. The molecule has 1 aromatic carbocycles. The van der Waals surface area contributed by atoms with Gasteiger partial charge in [0, 0.05) is 35.4 Å². The lowest BCUT2D eigenvalue weighted by molar-refractivity contribution is -0.136. The third kappa shape index (κ3) is 1.87. The molecule has 3 rings (SSSR count). The number of aryl methyl sites for hydroxylation is 1. The van der Waals surface area contributed by atoms with Crippen molar-refractivity contribution >= 4 is 16.9 Å². The molecule has 102 valence electrons. The van der Waals surface area contributed by atoms with E-state index in [0.29, 0.717) is 5.69 Å². The van der Waals surface area contributed by atoms with Gasteiger partial charge >= 0.3 is 5.97 Å². The number of hydrogen-bond acceptors (Lipinski definition) is 2. The zero-order chi connectivity index (χ0) is 14.3. The van der Waals surface area contributed by atoms with E-state index < -0.39 is 5.97 Å². The van der Waals surface area contributed by atoms with E-state index in [1.807, 2.05) is 32.3 Å². The molecule has 0 saturated carbocycles. The van der Waals surface area contributed by atoms with Crippen molar-refractivity contribution in [1.29, 1.82) is 0 Å². The van der Waals surface area contributed by atoms with Crippen molar-refractivity contribution in [1.82, 2.24) is 14.8 Å². The fourth-order valence-electron chi connectivity index (χ4n) is 2.55. The minimum Gasteiger partial charge on any atom is -0.481 e. The van der Waals surface area contributed by atoms with Crippen LogP contribution in [-0.4, -0.2) is 25.8 Å². The van der Waals surface area contributed by atoms with Gasteiger partial charge in [0.15, 0.2) is 0 Å². The minimum absolute atomic E-state index is 0.0381. The van der Waals surface area contributed by atoms with Crippen molar-refractivity contribution in [2.45, 2.75) is 13.3 Å². The molecular formula is C15H15N3O2. The summed E-state index contributed by atoms with van der Waals surface area (Å²) in [6.07, 6.45) is 1.99. The smallest absolute Gasteiger partial charge is 0.309 e. The van der Waals surface area contributed by atoms with Gasteiger partial charge in [-0.15, -0.1) is 0 Å². The molecule has 0 spiro atoms. The van der Waals surface area contributed by atoms with E-state index in [4.69, 9.17) is 5.11 Å². The summed E-state index contributed by atoms with van der Waals surface area (Å²) in [6.45, 7) is 1.90. The number of carbonyl (C=O) groups is 1. The summed E-state index contributed by atoms with van der Waals surface area (Å²) in [5.41, 5.74) is 4.51. The minimum atomic E-state index is -0.860. The Hall–Kier alpha value is -2.56. The van der Waals surface area contributed by atoms with Crippen LogP contribution in [-0.2, 0) is 18.3 Å². The van der Waals surface area contributed by atoms with Crippen molar-refractivity contribution in [3.05, 3.63) is 41.7 Å². The van der Waals surface area contributed by atoms with Gasteiger partial charge in [-0.3, -0.25) is 9.89 Å². The van der Waals surface area contributed by atoms with Gasteiger partial charge in [0.05, 0.1) is 12.1 Å². The average Bonchev–Trinajstić information content (AvgIpc) is 2.92. The maximum absolute atomic E-state index is 10.8. The van der Waals surface area contributed by atoms with Gasteiger partial charge in [-0.25, -0.2) is 0 Å². The quantitative estimate of drug-likeness (QED) is 0.767. The van der Waals surface area contributed by atoms with Crippen molar-refractivity contribution in [3.8, 4) is 11.3 Å². The number of nitrogens with one attached hydrogen (secondary N) is 1. The summed E-state index contributed by atoms with van der Waals surface area (Å²) in [6, 6.07) is 8.10. The van der Waals surface area contributed by atoms with E-state index in [0.717, 1.165) is 27.7 Å². The molecule has 0 fully saturated rings. The van der Waals surface area contributed by atoms with Gasteiger partial charge in [0.1, 0.15) is 0 Å². The van der Waals surface area contributed by atoms with E-state index in [2.05, 4.69) is 26.9 Å². The second-order valence-electron chi connectivity index (χ2n) is 4.92. The molecular weight excluding hydrogens is 254 g/mol. The lowest BCUT2D eigenvalue weighted by atomic mass is 10.1. The molecule has 0 unspecified atom stereocenters. The number of carboxylic acids is 1. The highest BCUT2D eigenvalue weighted by molar-refractivity contribution is 5.96. The molecule has 0 atom stereocenters. The molecule has 3 aromatic rings. The number of aliphatic carboxylic acids is 1. The average molecular weight is 269 g/mol. The van der Waals surface area contributed by atoms with Crippen LogP contribution in [0.1, 0.15) is 11.3 Å². The third-order valence-electron chi connectivity index (χ3n) is 3.59. The Balaban J connectivity index is 2.17. The second kappa shape index (κ2) is 4.52. The van der Waals surface area contributed by atoms with Crippen LogP contribution in [0, 0.1) is 6.92 Å². The number of fused-ring (bicyclic) bond motifs is 1. The lowest BCUT2D eigenvalue weighted by Crippen LogP contribution is -2.01. The number of aromatic amines is 1. The van der Waals surface area contributed by atoms with E-state index in [-0.39, 0.29) is 6.42 Å². The highest BCUT2D eigenvalue weighted by atomic mass is 16.4. The van der Waals surface area contributed by atoms with Gasteiger partial charge in [-0.05, 0) is 18.6 Å². The van der Waals surface area contributed by atoms with Gasteiger partial charge in [-0.1, -0.05) is 18.2 Å². The summed E-state index contributed by atoms with van der Waals surface area (Å²) in [5.74, 6) is -0.860. The SMILES string of the molecule is Cc1c(-c2cn(C)c3ccccc23)n[nH]c1CC(=O)O. The number of H-pyrrole nitrogens is 1. The third-order valence-corrected chi connectivity index (χ3v) is 3.59. The molecule has 0 aliphatic heterocycles. The maximum Gasteiger partial charge on any atom is 0.309 e. The Morgan fingerprint density at radius 2 is 2.15 bits per heavy atom. The number of benzene rings is 1. The Morgan fingerprint density at radius 1 is 1.40 bits per heavy atom. The Morgan fingerprint density at radius 3 is 2.90 bits per heavy atom. The highest BCUT2D eigenvalue weighted by Gasteiger charge is 2.16. The van der Waals surface area contributed by atoms with Crippen LogP contribution in [0.15, 0.2) is 30.5 Å². The molecule has 20 heavy (non-hydrogen) atoms. The highest BCUT2D eigenvalue weighted by Crippen LogP contribution is 2.31. The van der Waals surface area contributed by atoms with Crippen LogP contribution in [0.5, 0.6) is 0 Å². The molecule has 2 heterocycles. The normalized spacial score (nSPS) is 11.1. The van der Waals surface area contributed by atoms with Crippen molar-refractivity contribution < 1.29 is 9.90 Å². The van der Waals surface area contributed by atoms with Crippen molar-refractivity contribution in [2.24, 2.45) is 7.05 Å². The summed E-state index contributed by atoms with van der Waals surface area (Å²) in [4.78, 5) is 10.8. The lowest BCUT2D eigenvalue weighted by Gasteiger charge is -1.97. The number of carboxylic acid groups (broad SMARTS) is 1. The monoisotopic (exact) mass is 269 g/mol. The topological polar surface area (TPSA) is 70.9 Å². The number of para-hydroxylation sites is 1. The molecule has 5 nitrogen and oxygen atoms in total. The molecule has 0 amide bonds. The second-order valence-corrected chi connectivity index (χ2v) is 4.92. The van der Waals surface area contributed by atoms with Crippen molar-refractivity contribution in [2.75, 3.05) is 0 Å². The molecule has 2 N–H and O–H groups in total. The fourth-order valence-corrected chi connectivity index (χ4v) is 2.55. The van der Waals surface area contributed by atoms with Gasteiger partial charge < -0.3 is 9.67 Å². The standard InChI is InChI=1S/C15H15N3O2/c1-9-12(7-14(19)20)16-17-15(9)11-8-18(2)13-6-4-3-5-10(11)13/h3-6,8H,7H2,1-2H3,(H,16,17)(H,19,20). The summed E-state index contributed by atoms with van der Waals surface area (Å²) in [5, 5.41) is 17.2. The number of hydrogen-bond donors (Lipinski definition) is 2. The Bertz CT molecular complexity index is 799. The van der Waals surface area contributed by atoms with Crippen LogP contribution in [0.4, 0.5) is 0 Å². The molecule has 2 aromatic heterocycles. The summed E-state index contributed by atoms with van der Waals surface area (Å²) < 4.78 is 2.05. The number of nitrogens with zero attached hydrogens (tertiary/aromatic N) is 2. The van der Waals surface area contributed by atoms with Crippen LogP contribution >= 0.6 is 0 Å². The Kier molecular flexibility index (Phi) is 2.82. The first-order valence-electron chi connectivity index (χ1n) is 6.38. The first kappa shape index (κ1) is 12.5. The largest absolute Gasteiger partial charge is 0.481 e. The summed E-state index contributed by atoms with van der Waals surface area (Å²) >= 11 is 0. The molecule has 0 radical (unpaired) electrons. The zero-order valence-corrected chi connectivity index (χ0v) is 11.3. The van der Waals surface area contributed by atoms with Gasteiger partial charge in [0.25, 0.3) is 0 Å². The number of rotatable bonds is 3. The predicted octanol–water partition coefficient (Wildman–Crippen LogP) is 2.50. The first-order chi connectivity index (χ1) is 9.58. The van der Waals surface area contributed by atoms with Gasteiger partial charge in [0.2, 0.25) is 0 Å². The summed E-state index contributed by atoms with van der Waals surface area (Å²) in [7, 11) is 1.99. The van der Waals surface area contributed by atoms with E-state index in [1.54, 1.807) is 0 Å². The van der Waals surface area contributed by atoms with Crippen LogP contribution in [0.2, 0.25) is 0 Å². The zero-order valence-electron chi connectivity index (χ0n) is 11.3. The van der Waals surface area contributed by atoms with Crippen LogP contribution in [0.3, 0.4) is 0 Å². The van der Waals surface area contributed by atoms with Crippen LogP contribution in [0.25, 0.3) is 22.2 Å². The molecule has 0 bridgehead atoms. The first-order valence-corrected chi connectivity index (χ1v) is 6.38.